The number of nitrogens with zero attached hydrogens (tertiary/aromatic N) is 3. The van der Waals surface area contributed by atoms with E-state index in [1.165, 1.54) is 0 Å². The van der Waals surface area contributed by atoms with Gasteiger partial charge in [-0.15, -0.1) is 5.10 Å². The summed E-state index contributed by atoms with van der Waals surface area (Å²) in [5, 5.41) is 25.1. The highest BCUT2D eigenvalue weighted by Crippen LogP contribution is 2.19. The summed E-state index contributed by atoms with van der Waals surface area (Å²) in [7, 11) is 0. The van der Waals surface area contributed by atoms with Crippen molar-refractivity contribution in [3.63, 3.8) is 0 Å². The fraction of sp³-hybridized carbons (Fsp3) is 0.471. The Bertz CT molecular complexity index is 710. The van der Waals surface area contributed by atoms with Crippen molar-refractivity contribution in [3.05, 3.63) is 46.7 Å². The minimum absolute atomic E-state index is 0.258. The molecule has 0 aliphatic carbocycles. The van der Waals surface area contributed by atoms with Crippen LogP contribution in [0, 0.1) is 0 Å². The molecule has 0 unspecified atom stereocenters. The first-order valence-corrected chi connectivity index (χ1v) is 8.78. The number of nitrogens with one attached hydrogen (secondary N) is 2. The SMILES string of the molecule is O=C(NCCc1ccc(Cl)cc1)c1cn(CC2(O)CCNCC2)nn1. The van der Waals surface area contributed by atoms with Gasteiger partial charge >= 0.3 is 0 Å². The molecular weight excluding hydrogens is 342 g/mol. The van der Waals surface area contributed by atoms with Crippen molar-refractivity contribution in [1.82, 2.24) is 25.6 Å². The third-order valence-corrected chi connectivity index (χ3v) is 4.63. The van der Waals surface area contributed by atoms with Gasteiger partial charge in [-0.05, 0) is 50.0 Å². The Hall–Kier alpha value is -1.96. The number of amides is 1. The zero-order valence-corrected chi connectivity index (χ0v) is 14.7. The molecule has 0 saturated carbocycles. The molecule has 0 bridgehead atoms. The van der Waals surface area contributed by atoms with E-state index in [1.807, 2.05) is 24.3 Å². The topological polar surface area (TPSA) is 92.1 Å². The van der Waals surface area contributed by atoms with Crippen LogP contribution in [0.4, 0.5) is 0 Å². The van der Waals surface area contributed by atoms with E-state index in [0.29, 0.717) is 37.4 Å². The van der Waals surface area contributed by atoms with Gasteiger partial charge < -0.3 is 15.7 Å². The fourth-order valence-corrected chi connectivity index (χ4v) is 3.02. The molecule has 0 radical (unpaired) electrons. The number of piperidine rings is 1. The van der Waals surface area contributed by atoms with E-state index in [9.17, 15) is 9.90 Å². The quantitative estimate of drug-likeness (QED) is 0.712. The standard InChI is InChI=1S/C17H22ClN5O2/c18-14-3-1-13(2-4-14)5-8-20-16(24)15-11-23(22-21-15)12-17(25)6-9-19-10-7-17/h1-4,11,19,25H,5-10,12H2,(H,20,24). The first-order chi connectivity index (χ1) is 12.0. The number of hydrogen-bond acceptors (Lipinski definition) is 5. The maximum atomic E-state index is 12.2. The maximum Gasteiger partial charge on any atom is 0.273 e. The summed E-state index contributed by atoms with van der Waals surface area (Å²) in [6.45, 7) is 2.41. The first-order valence-electron chi connectivity index (χ1n) is 8.40. The number of aliphatic hydroxyl groups is 1. The summed E-state index contributed by atoms with van der Waals surface area (Å²) in [6, 6.07) is 7.53. The van der Waals surface area contributed by atoms with Crippen LogP contribution in [0.2, 0.25) is 5.02 Å². The number of carbonyl (C=O) groups is 1. The summed E-state index contributed by atoms with van der Waals surface area (Å²) >= 11 is 5.85. The molecule has 134 valence electrons. The highest BCUT2D eigenvalue weighted by molar-refractivity contribution is 6.30. The van der Waals surface area contributed by atoms with E-state index >= 15 is 0 Å². The third kappa shape index (κ3) is 5.01. The van der Waals surface area contributed by atoms with Crippen molar-refractivity contribution in [3.8, 4) is 0 Å². The van der Waals surface area contributed by atoms with Gasteiger partial charge in [0, 0.05) is 11.6 Å². The van der Waals surface area contributed by atoms with Crippen LogP contribution in [0.15, 0.2) is 30.5 Å². The van der Waals surface area contributed by atoms with Gasteiger partial charge in [0.25, 0.3) is 5.91 Å². The second-order valence-corrected chi connectivity index (χ2v) is 6.84. The van der Waals surface area contributed by atoms with Crippen LogP contribution in [-0.2, 0) is 13.0 Å². The average molecular weight is 364 g/mol. The molecule has 2 heterocycles. The number of halogens is 1. The van der Waals surface area contributed by atoms with Crippen LogP contribution in [0.1, 0.15) is 28.9 Å². The molecule has 1 amide bonds. The Labute approximate surface area is 151 Å². The van der Waals surface area contributed by atoms with Crippen molar-refractivity contribution < 1.29 is 9.90 Å². The smallest absolute Gasteiger partial charge is 0.273 e. The largest absolute Gasteiger partial charge is 0.388 e. The van der Waals surface area contributed by atoms with E-state index in [0.717, 1.165) is 18.7 Å². The van der Waals surface area contributed by atoms with Crippen LogP contribution in [0.3, 0.4) is 0 Å². The van der Waals surface area contributed by atoms with Crippen molar-refractivity contribution in [2.75, 3.05) is 19.6 Å². The number of hydrogen-bond donors (Lipinski definition) is 3. The average Bonchev–Trinajstić information content (AvgIpc) is 3.05. The Morgan fingerprint density at radius 1 is 1.32 bits per heavy atom. The second-order valence-electron chi connectivity index (χ2n) is 6.41. The monoisotopic (exact) mass is 363 g/mol. The summed E-state index contributed by atoms with van der Waals surface area (Å²) in [4.78, 5) is 12.2. The molecule has 3 N–H and O–H groups in total. The normalized spacial score (nSPS) is 16.6. The molecule has 3 rings (SSSR count). The zero-order valence-electron chi connectivity index (χ0n) is 13.9. The molecule has 2 aromatic rings. The first kappa shape index (κ1) is 17.8. The van der Waals surface area contributed by atoms with Crippen LogP contribution in [0.25, 0.3) is 0 Å². The van der Waals surface area contributed by atoms with Crippen LogP contribution >= 0.6 is 11.6 Å². The highest BCUT2D eigenvalue weighted by atomic mass is 35.5. The second kappa shape index (κ2) is 7.95. The molecule has 1 aliphatic rings. The van der Waals surface area contributed by atoms with E-state index in [1.54, 1.807) is 10.9 Å². The zero-order chi connectivity index (χ0) is 17.7. The maximum absolute atomic E-state index is 12.2. The molecule has 1 saturated heterocycles. The molecule has 0 spiro atoms. The molecule has 1 aromatic carbocycles. The van der Waals surface area contributed by atoms with Gasteiger partial charge in [-0.1, -0.05) is 28.9 Å². The number of aromatic nitrogens is 3. The molecular formula is C17H22ClN5O2. The number of benzene rings is 1. The highest BCUT2D eigenvalue weighted by Gasteiger charge is 2.30. The lowest BCUT2D eigenvalue weighted by Gasteiger charge is -2.32. The van der Waals surface area contributed by atoms with Crippen molar-refractivity contribution in [1.29, 1.82) is 0 Å². The molecule has 1 fully saturated rings. The van der Waals surface area contributed by atoms with Gasteiger partial charge in [0.05, 0.1) is 18.3 Å². The molecule has 0 atom stereocenters. The van der Waals surface area contributed by atoms with E-state index in [2.05, 4.69) is 20.9 Å². The van der Waals surface area contributed by atoms with Gasteiger partial charge in [0.1, 0.15) is 0 Å². The summed E-state index contributed by atoms with van der Waals surface area (Å²) in [6.07, 6.45) is 3.62. The van der Waals surface area contributed by atoms with Crippen molar-refractivity contribution in [2.45, 2.75) is 31.4 Å². The number of carbonyl (C=O) groups excluding carboxylic acids is 1. The van der Waals surface area contributed by atoms with E-state index in [4.69, 9.17) is 11.6 Å². The summed E-state index contributed by atoms with van der Waals surface area (Å²) < 4.78 is 1.54. The molecule has 8 heteroatoms. The molecule has 1 aliphatic heterocycles. The van der Waals surface area contributed by atoms with Crippen molar-refractivity contribution in [2.24, 2.45) is 0 Å². The van der Waals surface area contributed by atoms with Gasteiger partial charge in [0.15, 0.2) is 5.69 Å². The van der Waals surface area contributed by atoms with Gasteiger partial charge in [0.2, 0.25) is 0 Å². The van der Waals surface area contributed by atoms with Crippen molar-refractivity contribution >= 4 is 17.5 Å². The lowest BCUT2D eigenvalue weighted by atomic mass is 9.92. The third-order valence-electron chi connectivity index (χ3n) is 4.37. The van der Waals surface area contributed by atoms with Crippen LogP contribution in [-0.4, -0.2) is 51.2 Å². The Morgan fingerprint density at radius 3 is 2.76 bits per heavy atom. The minimum atomic E-state index is -0.790. The predicted molar refractivity (Wildman–Crippen MR) is 94.6 cm³/mol. The van der Waals surface area contributed by atoms with Gasteiger partial charge in [-0.2, -0.15) is 0 Å². The fourth-order valence-electron chi connectivity index (χ4n) is 2.89. The minimum Gasteiger partial charge on any atom is -0.388 e. The van der Waals surface area contributed by atoms with E-state index < -0.39 is 5.60 Å². The Balaban J connectivity index is 1.49. The molecule has 1 aromatic heterocycles. The van der Waals surface area contributed by atoms with Gasteiger partial charge in [-0.25, -0.2) is 4.68 Å². The Morgan fingerprint density at radius 2 is 2.04 bits per heavy atom. The summed E-state index contributed by atoms with van der Waals surface area (Å²) in [5.74, 6) is -0.266. The van der Waals surface area contributed by atoms with Crippen LogP contribution in [0.5, 0.6) is 0 Å². The molecule has 7 nitrogen and oxygen atoms in total. The van der Waals surface area contributed by atoms with E-state index in [-0.39, 0.29) is 11.6 Å². The predicted octanol–water partition coefficient (Wildman–Crippen LogP) is 1.02. The lowest BCUT2D eigenvalue weighted by Crippen LogP contribution is -2.44. The summed E-state index contributed by atoms with van der Waals surface area (Å²) in [5.41, 5.74) is 0.566. The molecule has 25 heavy (non-hydrogen) atoms. The lowest BCUT2D eigenvalue weighted by molar-refractivity contribution is -0.00866. The Kier molecular flexibility index (Phi) is 5.67. The number of rotatable bonds is 6. The van der Waals surface area contributed by atoms with Gasteiger partial charge in [-0.3, -0.25) is 4.79 Å². The van der Waals surface area contributed by atoms with Crippen LogP contribution < -0.4 is 10.6 Å².